The summed E-state index contributed by atoms with van der Waals surface area (Å²) in [5.41, 5.74) is 2.69. The number of hydrogen-bond donors (Lipinski definition) is 0. The average molecular weight is 449 g/mol. The predicted octanol–water partition coefficient (Wildman–Crippen LogP) is 4.91. The SMILES string of the molecule is C=C[C](C)(C)[Pd+].CC(C)P(C(C)C)C(C)C.O=C([O-])C(F)(F)F. The van der Waals surface area contributed by atoms with Crippen molar-refractivity contribution >= 4 is 13.9 Å². The van der Waals surface area contributed by atoms with E-state index in [1.54, 1.807) is 0 Å². The zero-order valence-corrected chi connectivity index (χ0v) is 17.7. The zero-order valence-electron chi connectivity index (χ0n) is 15.2. The van der Waals surface area contributed by atoms with Gasteiger partial charge in [-0.3, -0.25) is 0 Å². The average Bonchev–Trinajstić information content (AvgIpc) is 2.26. The van der Waals surface area contributed by atoms with Crippen LogP contribution in [-0.2, 0) is 24.0 Å². The van der Waals surface area contributed by atoms with Crippen LogP contribution in [0.15, 0.2) is 12.7 Å². The van der Waals surface area contributed by atoms with Gasteiger partial charge in [0.2, 0.25) is 0 Å². The molecule has 0 aliphatic rings. The molecule has 0 unspecified atom stereocenters. The number of carboxylic acids is 1. The number of halogens is 3. The van der Waals surface area contributed by atoms with Crippen LogP contribution in [0, 0.1) is 0 Å². The third-order valence-corrected chi connectivity index (χ3v) is 6.39. The Kier molecular flexibility index (Phi) is 15.1. The van der Waals surface area contributed by atoms with Crippen molar-refractivity contribution in [3.8, 4) is 0 Å². The Hall–Kier alpha value is 0.0923. The molecule has 0 radical (unpaired) electrons. The van der Waals surface area contributed by atoms with Crippen molar-refractivity contribution in [2.75, 3.05) is 0 Å². The molecule has 142 valence electrons. The second-order valence-corrected chi connectivity index (χ2v) is 12.2. The van der Waals surface area contributed by atoms with Crippen LogP contribution in [0.25, 0.3) is 0 Å². The minimum absolute atomic E-state index is 0.156. The quantitative estimate of drug-likeness (QED) is 0.348. The molecule has 0 atom stereocenters. The molecule has 7 heteroatoms. The number of aliphatic carboxylic acids is 1. The number of hydrogen-bond acceptors (Lipinski definition) is 2. The van der Waals surface area contributed by atoms with Gasteiger partial charge >= 0.3 is 55.8 Å². The minimum Gasteiger partial charge on any atom is -0.542 e. The van der Waals surface area contributed by atoms with Gasteiger partial charge in [0, 0.05) is 0 Å². The van der Waals surface area contributed by atoms with E-state index in [0.717, 1.165) is 17.0 Å². The third kappa shape index (κ3) is 20.0. The summed E-state index contributed by atoms with van der Waals surface area (Å²) in [7, 11) is 0.262. The summed E-state index contributed by atoms with van der Waals surface area (Å²) in [6.45, 7) is 21.8. The molecule has 0 fully saturated rings. The van der Waals surface area contributed by atoms with Gasteiger partial charge in [-0.1, -0.05) is 49.5 Å². The number of rotatable bonds is 4. The predicted molar refractivity (Wildman–Crippen MR) is 87.6 cm³/mol. The maximum absolute atomic E-state index is 10.5. The van der Waals surface area contributed by atoms with Crippen molar-refractivity contribution in [1.82, 2.24) is 0 Å². The summed E-state index contributed by atoms with van der Waals surface area (Å²) in [6.07, 6.45) is -3.32. The van der Waals surface area contributed by atoms with E-state index in [1.807, 2.05) is 6.08 Å². The fourth-order valence-electron chi connectivity index (χ4n) is 1.79. The topological polar surface area (TPSA) is 40.1 Å². The molecule has 0 heterocycles. The Labute approximate surface area is 151 Å². The van der Waals surface area contributed by atoms with Crippen molar-refractivity contribution in [3.63, 3.8) is 0 Å². The fourth-order valence-corrected chi connectivity index (χ4v) is 5.37. The normalized spacial score (nSPS) is 11.9. The summed E-state index contributed by atoms with van der Waals surface area (Å²) >= 11 is 3.11. The van der Waals surface area contributed by atoms with Gasteiger partial charge in [-0.05, 0) is 17.0 Å². The molecule has 23 heavy (non-hydrogen) atoms. The van der Waals surface area contributed by atoms with Crippen molar-refractivity contribution in [3.05, 3.63) is 12.7 Å². The van der Waals surface area contributed by atoms with E-state index in [9.17, 15) is 13.2 Å². The smallest absolute Gasteiger partial charge is 0.430 e. The number of alkyl halides is 3. The molecule has 0 aromatic rings. The van der Waals surface area contributed by atoms with E-state index in [4.69, 9.17) is 9.90 Å². The molecule has 0 rings (SSSR count). The van der Waals surface area contributed by atoms with Crippen molar-refractivity contribution in [2.24, 2.45) is 0 Å². The maximum Gasteiger partial charge on any atom is 0.430 e. The van der Waals surface area contributed by atoms with Crippen LogP contribution >= 0.6 is 7.92 Å². The van der Waals surface area contributed by atoms with Gasteiger partial charge in [0.1, 0.15) is 5.97 Å². The zero-order chi connectivity index (χ0) is 19.6. The first kappa shape index (κ1) is 27.9. The minimum atomic E-state index is -5.19. The van der Waals surface area contributed by atoms with Crippen LogP contribution in [0.4, 0.5) is 13.2 Å². The largest absolute Gasteiger partial charge is 0.542 e. The molecule has 0 amide bonds. The number of carbonyl (C=O) groups excluding carboxylic acids is 1. The summed E-state index contributed by atoms with van der Waals surface area (Å²) in [5.74, 6) is -3.01. The van der Waals surface area contributed by atoms with Crippen molar-refractivity contribution in [2.45, 2.75) is 82.4 Å². The molecule has 0 spiro atoms. The number of carboxylic acid groups (broad SMARTS) is 1. The molecule has 0 saturated heterocycles. The summed E-state index contributed by atoms with van der Waals surface area (Å²) in [6, 6.07) is 0. The van der Waals surface area contributed by atoms with Crippen molar-refractivity contribution in [1.29, 1.82) is 0 Å². The molecule has 0 aromatic heterocycles. The van der Waals surface area contributed by atoms with E-state index in [2.05, 4.69) is 81.2 Å². The first-order valence-corrected chi connectivity index (χ1v) is 9.65. The first-order valence-electron chi connectivity index (χ1n) is 7.32. The van der Waals surface area contributed by atoms with Gasteiger partial charge in [0.15, 0.2) is 0 Å². The second kappa shape index (κ2) is 12.5. The summed E-state index contributed by atoms with van der Waals surface area (Å²) in [5, 5.41) is 8.78. The molecule has 0 aliphatic heterocycles. The van der Waals surface area contributed by atoms with Gasteiger partial charge in [0.25, 0.3) is 0 Å². The molecule has 2 nitrogen and oxygen atoms in total. The van der Waals surface area contributed by atoms with Crippen LogP contribution in [0.2, 0.25) is 3.89 Å². The molecule has 0 aliphatic carbocycles. The van der Waals surface area contributed by atoms with Gasteiger partial charge in [0.05, 0.1) is 0 Å². The standard InChI is InChI=1S/C9H21P.C5H9.C2HF3O2.Pd/c1-7(2)10(8(3)4)9(5)6;1-4-5(2)3;3-2(4,5)1(6)7;/h7-9H,1-6H3;4H,1H2,2-3H3;(H,6,7);/q;;;+1/p-1. The van der Waals surface area contributed by atoms with Crippen LogP contribution in [0.5, 0.6) is 0 Å². The van der Waals surface area contributed by atoms with E-state index in [-0.39, 0.29) is 11.8 Å². The van der Waals surface area contributed by atoms with E-state index < -0.39 is 12.1 Å². The van der Waals surface area contributed by atoms with Crippen molar-refractivity contribution < 1.29 is 42.3 Å². The summed E-state index contributed by atoms with van der Waals surface area (Å²) in [4.78, 5) is 8.78. The van der Waals surface area contributed by atoms with Gasteiger partial charge < -0.3 is 9.90 Å². The molecular formula is C16H30F3O2PPd. The summed E-state index contributed by atoms with van der Waals surface area (Å²) < 4.78 is 31.7. The second-order valence-electron chi connectivity index (χ2n) is 6.20. The molecule has 0 saturated carbocycles. The Morgan fingerprint density at radius 1 is 1.04 bits per heavy atom. The molecule has 0 N–H and O–H groups in total. The molecular weight excluding hydrogens is 419 g/mol. The molecule has 0 aromatic carbocycles. The van der Waals surface area contributed by atoms with Crippen LogP contribution in [0.1, 0.15) is 55.4 Å². The van der Waals surface area contributed by atoms with Crippen LogP contribution in [0.3, 0.4) is 0 Å². The van der Waals surface area contributed by atoms with E-state index in [0.29, 0.717) is 0 Å². The monoisotopic (exact) mass is 448 g/mol. The third-order valence-electron chi connectivity index (χ3n) is 2.49. The van der Waals surface area contributed by atoms with Gasteiger partial charge in [-0.25, -0.2) is 0 Å². The Morgan fingerprint density at radius 3 is 1.22 bits per heavy atom. The number of carbonyl (C=O) groups is 1. The molecule has 0 bridgehead atoms. The first-order chi connectivity index (χ1) is 9.97. The van der Waals surface area contributed by atoms with Crippen LogP contribution < -0.4 is 5.11 Å². The maximum atomic E-state index is 10.5. The van der Waals surface area contributed by atoms with E-state index >= 15 is 0 Å². The van der Waals surface area contributed by atoms with E-state index in [1.165, 1.54) is 0 Å². The van der Waals surface area contributed by atoms with Gasteiger partial charge in [-0.15, -0.1) is 0 Å². The van der Waals surface area contributed by atoms with Crippen LogP contribution in [-0.4, -0.2) is 29.1 Å². The number of allylic oxidation sites excluding steroid dienone is 1. The Balaban J connectivity index is -0.000000272. The Morgan fingerprint density at radius 2 is 1.22 bits per heavy atom. The fraction of sp³-hybridized carbons (Fsp3) is 0.812. The van der Waals surface area contributed by atoms with Gasteiger partial charge in [-0.2, -0.15) is 13.2 Å². The Bertz CT molecular complexity index is 316.